The van der Waals surface area contributed by atoms with Gasteiger partial charge in [-0.15, -0.1) is 0 Å². The lowest BCUT2D eigenvalue weighted by molar-refractivity contribution is 0.205. The Kier molecular flexibility index (Phi) is 3.10. The van der Waals surface area contributed by atoms with Crippen LogP contribution in [0, 0.1) is 5.41 Å². The molecule has 0 aliphatic heterocycles. The second-order valence-corrected chi connectivity index (χ2v) is 5.40. The maximum absolute atomic E-state index is 3.94. The molecule has 1 aromatic rings. The van der Waals surface area contributed by atoms with E-state index in [4.69, 9.17) is 0 Å². The molecule has 2 rings (SSSR count). The molecule has 1 saturated carbocycles. The maximum atomic E-state index is 3.94. The largest absolute Gasteiger partial charge is 0.308 e. The van der Waals surface area contributed by atoms with Crippen LogP contribution in [0.5, 0.6) is 0 Å². The fraction of sp³-hybridized carbons (Fsp3) is 0.750. The van der Waals surface area contributed by atoms with Crippen LogP contribution < -0.4 is 5.32 Å². The predicted molar refractivity (Wildman–Crippen MR) is 61.5 cm³/mol. The third-order valence-corrected chi connectivity index (χ3v) is 3.48. The van der Waals surface area contributed by atoms with E-state index in [1.807, 2.05) is 6.07 Å². The summed E-state index contributed by atoms with van der Waals surface area (Å²) < 4.78 is 0. The van der Waals surface area contributed by atoms with Crippen LogP contribution in [0.25, 0.3) is 0 Å². The van der Waals surface area contributed by atoms with Gasteiger partial charge in [-0.1, -0.05) is 13.8 Å². The molecular weight excluding hydrogens is 186 g/mol. The van der Waals surface area contributed by atoms with Crippen molar-refractivity contribution in [1.82, 2.24) is 15.5 Å². The normalized spacial score (nSPS) is 21.7. The average molecular weight is 207 g/mol. The highest BCUT2D eigenvalue weighted by Gasteiger charge is 2.26. The fourth-order valence-corrected chi connectivity index (χ4v) is 2.24. The van der Waals surface area contributed by atoms with Crippen LogP contribution in [-0.4, -0.2) is 16.2 Å². The zero-order chi connectivity index (χ0) is 10.7. The van der Waals surface area contributed by atoms with E-state index in [9.17, 15) is 0 Å². The van der Waals surface area contributed by atoms with Crippen molar-refractivity contribution in [2.75, 3.05) is 0 Å². The fourth-order valence-electron chi connectivity index (χ4n) is 2.24. The van der Waals surface area contributed by atoms with Crippen LogP contribution in [0.1, 0.15) is 45.2 Å². The van der Waals surface area contributed by atoms with Gasteiger partial charge >= 0.3 is 0 Å². The summed E-state index contributed by atoms with van der Waals surface area (Å²) in [4.78, 5) is 0. The van der Waals surface area contributed by atoms with Crippen molar-refractivity contribution < 1.29 is 0 Å². The van der Waals surface area contributed by atoms with Gasteiger partial charge in [0.1, 0.15) is 0 Å². The molecular formula is C12H21N3. The summed E-state index contributed by atoms with van der Waals surface area (Å²) in [6.45, 7) is 5.67. The van der Waals surface area contributed by atoms with Gasteiger partial charge in [0.2, 0.25) is 0 Å². The number of aromatic nitrogens is 2. The first-order chi connectivity index (χ1) is 7.16. The van der Waals surface area contributed by atoms with Crippen molar-refractivity contribution in [2.24, 2.45) is 5.41 Å². The molecule has 2 N–H and O–H groups in total. The summed E-state index contributed by atoms with van der Waals surface area (Å²) in [5.74, 6) is 0. The highest BCUT2D eigenvalue weighted by atomic mass is 15.1. The van der Waals surface area contributed by atoms with Crippen molar-refractivity contribution in [2.45, 2.75) is 52.1 Å². The van der Waals surface area contributed by atoms with E-state index in [-0.39, 0.29) is 0 Å². The minimum absolute atomic E-state index is 0.562. The third kappa shape index (κ3) is 3.06. The second-order valence-electron chi connectivity index (χ2n) is 5.40. The quantitative estimate of drug-likeness (QED) is 0.799. The van der Waals surface area contributed by atoms with E-state index >= 15 is 0 Å². The minimum atomic E-state index is 0.562. The summed E-state index contributed by atoms with van der Waals surface area (Å²) in [6, 6.07) is 2.72. The molecule has 3 heteroatoms. The van der Waals surface area contributed by atoms with Gasteiger partial charge in [-0.2, -0.15) is 5.10 Å². The first-order valence-electron chi connectivity index (χ1n) is 5.87. The summed E-state index contributed by atoms with van der Waals surface area (Å²) >= 11 is 0. The molecule has 1 aliphatic rings. The van der Waals surface area contributed by atoms with Gasteiger partial charge in [0, 0.05) is 24.5 Å². The smallest absolute Gasteiger partial charge is 0.0490 e. The number of H-pyrrole nitrogens is 1. The van der Waals surface area contributed by atoms with Crippen molar-refractivity contribution >= 4 is 0 Å². The number of nitrogens with one attached hydrogen (secondary N) is 2. The molecule has 1 heterocycles. The molecule has 0 aromatic carbocycles. The molecule has 1 aromatic heterocycles. The lowest BCUT2D eigenvalue weighted by Gasteiger charge is -2.34. The van der Waals surface area contributed by atoms with Gasteiger partial charge in [0.05, 0.1) is 0 Å². The average Bonchev–Trinajstić information content (AvgIpc) is 2.69. The SMILES string of the molecule is CC1(C)CCC(NCc2ccn[nH]2)CC1. The van der Waals surface area contributed by atoms with Gasteiger partial charge in [0.25, 0.3) is 0 Å². The molecule has 1 aliphatic carbocycles. The highest BCUT2D eigenvalue weighted by Crippen LogP contribution is 2.34. The first kappa shape index (κ1) is 10.7. The number of hydrogen-bond donors (Lipinski definition) is 2. The van der Waals surface area contributed by atoms with Crippen molar-refractivity contribution in [3.63, 3.8) is 0 Å². The predicted octanol–water partition coefficient (Wildman–Crippen LogP) is 2.47. The van der Waals surface area contributed by atoms with Crippen molar-refractivity contribution in [3.8, 4) is 0 Å². The molecule has 3 nitrogen and oxygen atoms in total. The maximum Gasteiger partial charge on any atom is 0.0490 e. The van der Waals surface area contributed by atoms with Crippen LogP contribution in [0.3, 0.4) is 0 Å². The van der Waals surface area contributed by atoms with Crippen LogP contribution in [0.2, 0.25) is 0 Å². The molecule has 0 amide bonds. The Balaban J connectivity index is 1.73. The van der Waals surface area contributed by atoms with Crippen molar-refractivity contribution in [3.05, 3.63) is 18.0 Å². The molecule has 84 valence electrons. The molecule has 0 saturated heterocycles. The van der Waals surface area contributed by atoms with E-state index in [1.165, 1.54) is 31.4 Å². The standard InChI is InChI=1S/C12H21N3/c1-12(2)6-3-10(4-7-12)13-9-11-5-8-14-15-11/h5,8,10,13H,3-4,6-7,9H2,1-2H3,(H,14,15). The Morgan fingerprint density at radius 1 is 1.47 bits per heavy atom. The van der Waals surface area contributed by atoms with Crippen LogP contribution in [-0.2, 0) is 6.54 Å². The van der Waals surface area contributed by atoms with E-state index in [0.717, 1.165) is 6.54 Å². The van der Waals surface area contributed by atoms with Gasteiger partial charge in [-0.3, -0.25) is 5.10 Å². The number of hydrogen-bond acceptors (Lipinski definition) is 2. The van der Waals surface area contributed by atoms with E-state index in [1.54, 1.807) is 6.20 Å². The van der Waals surface area contributed by atoms with Gasteiger partial charge < -0.3 is 5.32 Å². The summed E-state index contributed by atoms with van der Waals surface area (Å²) in [5.41, 5.74) is 1.74. The van der Waals surface area contributed by atoms with E-state index in [0.29, 0.717) is 11.5 Å². The Morgan fingerprint density at radius 2 is 2.20 bits per heavy atom. The Hall–Kier alpha value is -0.830. The molecule has 0 atom stereocenters. The summed E-state index contributed by atoms with van der Waals surface area (Å²) in [7, 11) is 0. The molecule has 1 fully saturated rings. The highest BCUT2D eigenvalue weighted by molar-refractivity contribution is 4.97. The topological polar surface area (TPSA) is 40.7 Å². The second kappa shape index (κ2) is 4.35. The molecule has 0 bridgehead atoms. The Morgan fingerprint density at radius 3 is 2.80 bits per heavy atom. The third-order valence-electron chi connectivity index (χ3n) is 3.48. The lowest BCUT2D eigenvalue weighted by Crippen LogP contribution is -2.35. The summed E-state index contributed by atoms with van der Waals surface area (Å²) in [6.07, 6.45) is 7.10. The molecule has 15 heavy (non-hydrogen) atoms. The van der Waals surface area contributed by atoms with Crippen LogP contribution in [0.4, 0.5) is 0 Å². The monoisotopic (exact) mass is 207 g/mol. The zero-order valence-electron chi connectivity index (χ0n) is 9.71. The number of aromatic amines is 1. The lowest BCUT2D eigenvalue weighted by atomic mass is 9.75. The van der Waals surface area contributed by atoms with E-state index in [2.05, 4.69) is 29.4 Å². The molecule has 0 spiro atoms. The Labute approximate surface area is 91.7 Å². The number of nitrogens with zero attached hydrogens (tertiary/aromatic N) is 1. The van der Waals surface area contributed by atoms with Gasteiger partial charge in [-0.05, 0) is 37.2 Å². The van der Waals surface area contributed by atoms with Gasteiger partial charge in [-0.25, -0.2) is 0 Å². The summed E-state index contributed by atoms with van der Waals surface area (Å²) in [5, 5.41) is 10.5. The van der Waals surface area contributed by atoms with Crippen LogP contribution in [0.15, 0.2) is 12.3 Å². The zero-order valence-corrected chi connectivity index (χ0v) is 9.71. The van der Waals surface area contributed by atoms with E-state index < -0.39 is 0 Å². The first-order valence-corrected chi connectivity index (χ1v) is 5.87. The molecule has 0 radical (unpaired) electrons. The number of rotatable bonds is 3. The van der Waals surface area contributed by atoms with Crippen molar-refractivity contribution in [1.29, 1.82) is 0 Å². The van der Waals surface area contributed by atoms with Crippen LogP contribution >= 0.6 is 0 Å². The Bertz CT molecular complexity index is 280. The minimum Gasteiger partial charge on any atom is -0.308 e. The van der Waals surface area contributed by atoms with Gasteiger partial charge in [0.15, 0.2) is 0 Å². The molecule has 0 unspecified atom stereocenters.